The van der Waals surface area contributed by atoms with Gasteiger partial charge in [-0.15, -0.1) is 0 Å². The zero-order valence-electron chi connectivity index (χ0n) is 18.7. The van der Waals surface area contributed by atoms with Gasteiger partial charge in [-0.2, -0.15) is 18.3 Å². The molecule has 1 atom stereocenters. The van der Waals surface area contributed by atoms with E-state index < -0.39 is 24.2 Å². The number of imidazole rings is 1. The maximum atomic E-state index is 14.6. The number of carbonyl (C=O) groups excluding carboxylic acids is 1. The molecule has 3 N–H and O–H groups in total. The van der Waals surface area contributed by atoms with E-state index in [0.717, 1.165) is 6.20 Å². The number of hydrogen-bond donors (Lipinski definition) is 3. The van der Waals surface area contributed by atoms with E-state index in [1.54, 1.807) is 30.3 Å². The summed E-state index contributed by atoms with van der Waals surface area (Å²) in [6.07, 6.45) is -1.89. The number of halogens is 4. The van der Waals surface area contributed by atoms with Gasteiger partial charge in [-0.1, -0.05) is 0 Å². The highest BCUT2D eigenvalue weighted by atomic mass is 19.4. The van der Waals surface area contributed by atoms with E-state index in [-0.39, 0.29) is 11.6 Å². The molecule has 37 heavy (non-hydrogen) atoms. The summed E-state index contributed by atoms with van der Waals surface area (Å²) in [6, 6.07) is 8.51. The Labute approximate surface area is 204 Å². The zero-order valence-corrected chi connectivity index (χ0v) is 18.7. The van der Waals surface area contributed by atoms with E-state index in [1.165, 1.54) is 16.9 Å². The van der Waals surface area contributed by atoms with Gasteiger partial charge in [-0.25, -0.2) is 28.7 Å². The SMILES string of the molecule is O=C(OC1NCCc2[nH]c3ccc(Nc4ncc(F)c(-c5cnc6cccnn56)n4)cc3c21)C(F)(F)F. The number of nitrogens with zero attached hydrogens (tertiary/aromatic N) is 5. The Balaban J connectivity index is 1.34. The van der Waals surface area contributed by atoms with E-state index in [9.17, 15) is 22.4 Å². The fraction of sp³-hybridized carbons (Fsp3) is 0.174. The first-order chi connectivity index (χ1) is 17.8. The maximum Gasteiger partial charge on any atom is 0.490 e. The van der Waals surface area contributed by atoms with Crippen LogP contribution in [-0.2, 0) is 16.0 Å². The van der Waals surface area contributed by atoms with Crippen molar-refractivity contribution in [2.24, 2.45) is 0 Å². The fourth-order valence-electron chi connectivity index (χ4n) is 4.27. The number of rotatable bonds is 4. The number of anilines is 2. The van der Waals surface area contributed by atoms with Crippen LogP contribution in [0.4, 0.5) is 29.2 Å². The molecule has 6 rings (SSSR count). The summed E-state index contributed by atoms with van der Waals surface area (Å²) >= 11 is 0. The Morgan fingerprint density at radius 1 is 1.19 bits per heavy atom. The van der Waals surface area contributed by atoms with Crippen LogP contribution in [-0.4, -0.2) is 48.2 Å². The van der Waals surface area contributed by atoms with Crippen molar-refractivity contribution < 1.29 is 27.1 Å². The molecule has 5 aromatic rings. The summed E-state index contributed by atoms with van der Waals surface area (Å²) in [6.45, 7) is 0.324. The van der Waals surface area contributed by atoms with Crippen LogP contribution in [0.25, 0.3) is 27.9 Å². The number of aromatic amines is 1. The Morgan fingerprint density at radius 3 is 2.89 bits per heavy atom. The molecule has 0 saturated carbocycles. The van der Waals surface area contributed by atoms with Crippen molar-refractivity contribution in [1.82, 2.24) is 34.9 Å². The highest BCUT2D eigenvalue weighted by Gasteiger charge is 2.43. The molecule has 0 spiro atoms. The largest absolute Gasteiger partial charge is 0.490 e. The van der Waals surface area contributed by atoms with Crippen LogP contribution in [0.1, 0.15) is 17.5 Å². The van der Waals surface area contributed by atoms with E-state index in [4.69, 9.17) is 4.74 Å². The van der Waals surface area contributed by atoms with Crippen LogP contribution < -0.4 is 10.6 Å². The van der Waals surface area contributed by atoms with Crippen molar-refractivity contribution in [2.45, 2.75) is 18.8 Å². The predicted octanol–water partition coefficient (Wildman–Crippen LogP) is 3.80. The number of benzene rings is 1. The molecule has 188 valence electrons. The Morgan fingerprint density at radius 2 is 2.05 bits per heavy atom. The molecule has 0 radical (unpaired) electrons. The van der Waals surface area contributed by atoms with Crippen molar-refractivity contribution in [3.63, 3.8) is 0 Å². The first kappa shape index (κ1) is 22.8. The molecule has 10 nitrogen and oxygen atoms in total. The Hall–Kier alpha value is -4.59. The lowest BCUT2D eigenvalue weighted by Crippen LogP contribution is -2.36. The van der Waals surface area contributed by atoms with Gasteiger partial charge in [0.05, 0.1) is 12.4 Å². The summed E-state index contributed by atoms with van der Waals surface area (Å²) in [5.74, 6) is -2.88. The van der Waals surface area contributed by atoms with Gasteiger partial charge in [0.2, 0.25) is 5.95 Å². The topological polar surface area (TPSA) is 122 Å². The minimum absolute atomic E-state index is 0.0212. The second-order valence-corrected chi connectivity index (χ2v) is 8.22. The van der Waals surface area contributed by atoms with Gasteiger partial charge in [0.25, 0.3) is 0 Å². The first-order valence-corrected chi connectivity index (χ1v) is 11.0. The third kappa shape index (κ3) is 4.10. The minimum Gasteiger partial charge on any atom is -0.435 e. The lowest BCUT2D eigenvalue weighted by Gasteiger charge is -2.25. The van der Waals surface area contributed by atoms with Crippen LogP contribution in [0.2, 0.25) is 0 Å². The molecule has 0 bridgehead atoms. The lowest BCUT2D eigenvalue weighted by atomic mass is 10.0. The molecular weight excluding hydrogens is 496 g/mol. The van der Waals surface area contributed by atoms with E-state index in [1.807, 2.05) is 0 Å². The van der Waals surface area contributed by atoms with Gasteiger partial charge in [0.1, 0.15) is 11.4 Å². The number of ether oxygens (including phenoxy) is 1. The second kappa shape index (κ2) is 8.51. The van der Waals surface area contributed by atoms with Crippen molar-refractivity contribution in [1.29, 1.82) is 0 Å². The number of nitrogens with one attached hydrogen (secondary N) is 3. The van der Waals surface area contributed by atoms with Gasteiger partial charge in [0.15, 0.2) is 17.7 Å². The van der Waals surface area contributed by atoms with Crippen LogP contribution in [0.5, 0.6) is 0 Å². The fourth-order valence-corrected chi connectivity index (χ4v) is 4.27. The molecule has 0 fully saturated rings. The molecule has 0 amide bonds. The number of fused-ring (bicyclic) bond motifs is 4. The number of alkyl halides is 3. The molecule has 4 aromatic heterocycles. The number of hydrogen-bond acceptors (Lipinski definition) is 8. The van der Waals surface area contributed by atoms with E-state index in [0.29, 0.717) is 52.2 Å². The molecule has 0 saturated heterocycles. The Bertz CT molecular complexity index is 1660. The smallest absolute Gasteiger partial charge is 0.435 e. The molecule has 1 unspecified atom stereocenters. The second-order valence-electron chi connectivity index (χ2n) is 8.22. The van der Waals surface area contributed by atoms with Crippen molar-refractivity contribution in [3.8, 4) is 11.4 Å². The normalized spacial score (nSPS) is 15.6. The average Bonchev–Trinajstić information content (AvgIpc) is 3.46. The summed E-state index contributed by atoms with van der Waals surface area (Å²) in [5, 5.41) is 10.5. The van der Waals surface area contributed by atoms with Gasteiger partial charge < -0.3 is 15.0 Å². The molecule has 1 aromatic carbocycles. The number of aromatic nitrogens is 6. The molecule has 5 heterocycles. The highest BCUT2D eigenvalue weighted by Crippen LogP contribution is 2.35. The molecule has 14 heteroatoms. The van der Waals surface area contributed by atoms with Crippen molar-refractivity contribution >= 4 is 34.2 Å². The standard InChI is InChI=1S/C23H16F4N8O2/c24-13-9-30-22(34-19(13)16-10-29-17-2-1-6-31-35(16)17)32-11-3-4-14-12(8-11)18-15(33-14)5-7-28-20(18)37-21(36)23(25,26)27/h1-4,6,8-10,20,28,33H,5,7H2,(H,30,32,34). The quantitative estimate of drug-likeness (QED) is 0.246. The van der Waals surface area contributed by atoms with Crippen LogP contribution >= 0.6 is 0 Å². The van der Waals surface area contributed by atoms with E-state index >= 15 is 0 Å². The predicted molar refractivity (Wildman–Crippen MR) is 122 cm³/mol. The van der Waals surface area contributed by atoms with Gasteiger partial charge in [0, 0.05) is 47.0 Å². The maximum absolute atomic E-state index is 14.6. The molecular formula is C23H16F4N8O2. The molecule has 0 aliphatic carbocycles. The van der Waals surface area contributed by atoms with Crippen molar-refractivity contribution in [2.75, 3.05) is 11.9 Å². The summed E-state index contributed by atoms with van der Waals surface area (Å²) in [4.78, 5) is 27.1. The third-order valence-electron chi connectivity index (χ3n) is 5.86. The van der Waals surface area contributed by atoms with Crippen LogP contribution in [0, 0.1) is 5.82 Å². The number of H-pyrrole nitrogens is 1. The molecule has 1 aliphatic rings. The monoisotopic (exact) mass is 512 g/mol. The summed E-state index contributed by atoms with van der Waals surface area (Å²) in [7, 11) is 0. The van der Waals surface area contributed by atoms with Gasteiger partial charge >= 0.3 is 12.1 Å². The highest BCUT2D eigenvalue weighted by molar-refractivity contribution is 5.89. The summed E-state index contributed by atoms with van der Waals surface area (Å²) < 4.78 is 59.2. The van der Waals surface area contributed by atoms with Crippen LogP contribution in [0.3, 0.4) is 0 Å². The van der Waals surface area contributed by atoms with Gasteiger partial charge in [-0.05, 0) is 30.3 Å². The minimum atomic E-state index is -5.12. The summed E-state index contributed by atoms with van der Waals surface area (Å²) in [5.41, 5.74) is 3.01. The van der Waals surface area contributed by atoms with E-state index in [2.05, 4.69) is 35.7 Å². The average molecular weight is 512 g/mol. The van der Waals surface area contributed by atoms with Crippen molar-refractivity contribution in [3.05, 3.63) is 66.0 Å². The molecule has 1 aliphatic heterocycles. The first-order valence-electron chi connectivity index (χ1n) is 11.0. The third-order valence-corrected chi connectivity index (χ3v) is 5.86. The van der Waals surface area contributed by atoms with Crippen LogP contribution in [0.15, 0.2) is 48.9 Å². The lowest BCUT2D eigenvalue weighted by molar-refractivity contribution is -0.207. The number of carbonyl (C=O) groups is 1. The zero-order chi connectivity index (χ0) is 25.7. The van der Waals surface area contributed by atoms with Gasteiger partial charge in [-0.3, -0.25) is 5.32 Å². The number of esters is 1. The Kier molecular flexibility index (Phi) is 5.26.